The first-order valence-electron chi connectivity index (χ1n) is 5.46. The number of thiophene rings is 1. The smallest absolute Gasteiger partial charge is 0.262 e. The van der Waals surface area contributed by atoms with Gasteiger partial charge in [0, 0.05) is 6.54 Å². The second-order valence-electron chi connectivity index (χ2n) is 3.77. The van der Waals surface area contributed by atoms with Crippen LogP contribution < -0.4 is 5.32 Å². The lowest BCUT2D eigenvalue weighted by atomic mass is 10.1. The summed E-state index contributed by atoms with van der Waals surface area (Å²) in [5.74, 6) is 0.0990. The fourth-order valence-electron chi connectivity index (χ4n) is 1.52. The standard InChI is InChI=1S/C13H12ClNO2S/c14-11-6-8-18-12(11)13(17)15-7-5-9-1-3-10(16)4-2-9/h1-4,6,8,16H,5,7H2,(H,15,17). The Hall–Kier alpha value is -1.52. The second kappa shape index (κ2) is 5.89. The van der Waals surface area contributed by atoms with Crippen LogP contribution in [0.15, 0.2) is 35.7 Å². The molecule has 0 aliphatic carbocycles. The Morgan fingerprint density at radius 3 is 2.61 bits per heavy atom. The molecule has 0 fully saturated rings. The van der Waals surface area contributed by atoms with Crippen molar-refractivity contribution in [1.29, 1.82) is 0 Å². The third-order valence-electron chi connectivity index (χ3n) is 2.46. The van der Waals surface area contributed by atoms with Crippen LogP contribution in [0, 0.1) is 0 Å². The van der Waals surface area contributed by atoms with Gasteiger partial charge in [0.25, 0.3) is 5.91 Å². The molecule has 0 aliphatic rings. The van der Waals surface area contributed by atoms with Gasteiger partial charge >= 0.3 is 0 Å². The Kier molecular flexibility index (Phi) is 4.23. The summed E-state index contributed by atoms with van der Waals surface area (Å²) in [6.45, 7) is 0.540. The predicted octanol–water partition coefficient (Wildman–Crippen LogP) is 3.08. The van der Waals surface area contributed by atoms with Crippen molar-refractivity contribution in [3.05, 3.63) is 51.2 Å². The number of benzene rings is 1. The second-order valence-corrected chi connectivity index (χ2v) is 5.09. The zero-order valence-corrected chi connectivity index (χ0v) is 11.1. The SMILES string of the molecule is O=C(NCCc1ccc(O)cc1)c1sccc1Cl. The zero-order valence-electron chi connectivity index (χ0n) is 9.52. The number of carbonyl (C=O) groups excluding carboxylic acids is 1. The highest BCUT2D eigenvalue weighted by Gasteiger charge is 2.10. The van der Waals surface area contributed by atoms with E-state index in [0.29, 0.717) is 16.4 Å². The van der Waals surface area contributed by atoms with E-state index in [4.69, 9.17) is 16.7 Å². The minimum Gasteiger partial charge on any atom is -0.508 e. The summed E-state index contributed by atoms with van der Waals surface area (Å²) in [5.41, 5.74) is 1.06. The molecule has 2 N–H and O–H groups in total. The first kappa shape index (κ1) is 12.9. The van der Waals surface area contributed by atoms with Gasteiger partial charge in [-0.2, -0.15) is 0 Å². The maximum Gasteiger partial charge on any atom is 0.262 e. The average Bonchev–Trinajstić information content (AvgIpc) is 2.78. The molecule has 0 saturated carbocycles. The Bertz CT molecular complexity index is 536. The van der Waals surface area contributed by atoms with Gasteiger partial charge in [-0.3, -0.25) is 4.79 Å². The molecule has 0 spiro atoms. The minimum atomic E-state index is -0.145. The predicted molar refractivity (Wildman–Crippen MR) is 73.5 cm³/mol. The fourth-order valence-corrected chi connectivity index (χ4v) is 2.58. The molecule has 1 heterocycles. The van der Waals surface area contributed by atoms with Crippen LogP contribution in [0.3, 0.4) is 0 Å². The van der Waals surface area contributed by atoms with Gasteiger partial charge in [0.15, 0.2) is 0 Å². The van der Waals surface area contributed by atoms with E-state index in [0.717, 1.165) is 12.0 Å². The number of rotatable bonds is 4. The normalized spacial score (nSPS) is 10.3. The largest absolute Gasteiger partial charge is 0.508 e. The van der Waals surface area contributed by atoms with E-state index in [-0.39, 0.29) is 11.7 Å². The molecule has 1 amide bonds. The molecule has 0 aliphatic heterocycles. The average molecular weight is 282 g/mol. The maximum atomic E-state index is 11.7. The van der Waals surface area contributed by atoms with E-state index in [1.165, 1.54) is 11.3 Å². The molecular formula is C13H12ClNO2S. The monoisotopic (exact) mass is 281 g/mol. The van der Waals surface area contributed by atoms with E-state index >= 15 is 0 Å². The van der Waals surface area contributed by atoms with Gasteiger partial charge in [-0.1, -0.05) is 23.7 Å². The van der Waals surface area contributed by atoms with Crippen LogP contribution in [0.5, 0.6) is 5.75 Å². The Labute approximate surface area is 114 Å². The molecule has 0 bridgehead atoms. The molecule has 1 aromatic carbocycles. The Morgan fingerprint density at radius 2 is 2.00 bits per heavy atom. The van der Waals surface area contributed by atoms with Crippen molar-refractivity contribution in [2.45, 2.75) is 6.42 Å². The molecule has 1 aromatic heterocycles. The van der Waals surface area contributed by atoms with Crippen molar-refractivity contribution in [2.24, 2.45) is 0 Å². The molecule has 2 rings (SSSR count). The molecule has 94 valence electrons. The molecular weight excluding hydrogens is 270 g/mol. The molecule has 5 heteroatoms. The van der Waals surface area contributed by atoms with Crippen molar-refractivity contribution in [3.63, 3.8) is 0 Å². The molecule has 0 unspecified atom stereocenters. The molecule has 0 radical (unpaired) electrons. The minimum absolute atomic E-state index is 0.145. The number of aromatic hydroxyl groups is 1. The lowest BCUT2D eigenvalue weighted by molar-refractivity contribution is 0.0958. The van der Waals surface area contributed by atoms with Crippen LogP contribution in [0.2, 0.25) is 5.02 Å². The summed E-state index contributed by atoms with van der Waals surface area (Å²) in [5, 5.41) is 14.2. The summed E-state index contributed by atoms with van der Waals surface area (Å²) >= 11 is 7.20. The number of phenols is 1. The highest BCUT2D eigenvalue weighted by molar-refractivity contribution is 7.12. The highest BCUT2D eigenvalue weighted by atomic mass is 35.5. The van der Waals surface area contributed by atoms with Crippen LogP contribution >= 0.6 is 22.9 Å². The van der Waals surface area contributed by atoms with Crippen LogP contribution in [-0.2, 0) is 6.42 Å². The summed E-state index contributed by atoms with van der Waals surface area (Å²) in [7, 11) is 0. The van der Waals surface area contributed by atoms with Crippen LogP contribution in [-0.4, -0.2) is 17.6 Å². The summed E-state index contributed by atoms with van der Waals surface area (Å²) in [6, 6.07) is 8.64. The summed E-state index contributed by atoms with van der Waals surface area (Å²) in [6.07, 6.45) is 0.717. The third-order valence-corrected chi connectivity index (χ3v) is 3.80. The number of halogens is 1. The lowest BCUT2D eigenvalue weighted by Gasteiger charge is -2.04. The van der Waals surface area contributed by atoms with Gasteiger partial charge in [0.2, 0.25) is 0 Å². The first-order valence-corrected chi connectivity index (χ1v) is 6.71. The maximum absolute atomic E-state index is 11.7. The number of phenolic OH excluding ortho intramolecular Hbond substituents is 1. The van der Waals surface area contributed by atoms with Crippen molar-refractivity contribution in [1.82, 2.24) is 5.32 Å². The lowest BCUT2D eigenvalue weighted by Crippen LogP contribution is -2.25. The van der Waals surface area contributed by atoms with Gasteiger partial charge < -0.3 is 10.4 Å². The van der Waals surface area contributed by atoms with Crippen molar-refractivity contribution >= 4 is 28.8 Å². The molecule has 18 heavy (non-hydrogen) atoms. The van der Waals surface area contributed by atoms with Crippen molar-refractivity contribution < 1.29 is 9.90 Å². The number of nitrogens with one attached hydrogen (secondary N) is 1. The van der Waals surface area contributed by atoms with Gasteiger partial charge in [-0.05, 0) is 35.6 Å². The van der Waals surface area contributed by atoms with E-state index in [2.05, 4.69) is 5.32 Å². The number of carbonyl (C=O) groups is 1. The van der Waals surface area contributed by atoms with Crippen LogP contribution in [0.4, 0.5) is 0 Å². The first-order chi connectivity index (χ1) is 8.66. The molecule has 0 saturated heterocycles. The number of hydrogen-bond donors (Lipinski definition) is 2. The van der Waals surface area contributed by atoms with E-state index in [1.807, 2.05) is 12.1 Å². The number of amides is 1. The van der Waals surface area contributed by atoms with Crippen molar-refractivity contribution in [2.75, 3.05) is 6.54 Å². The van der Waals surface area contributed by atoms with Crippen molar-refractivity contribution in [3.8, 4) is 5.75 Å². The van der Waals surface area contributed by atoms with E-state index < -0.39 is 0 Å². The van der Waals surface area contributed by atoms with E-state index in [1.54, 1.807) is 23.6 Å². The Morgan fingerprint density at radius 1 is 1.28 bits per heavy atom. The van der Waals surface area contributed by atoms with Gasteiger partial charge in [-0.25, -0.2) is 0 Å². The van der Waals surface area contributed by atoms with Crippen LogP contribution in [0.1, 0.15) is 15.2 Å². The number of hydrogen-bond acceptors (Lipinski definition) is 3. The molecule has 2 aromatic rings. The third kappa shape index (κ3) is 3.24. The summed E-state index contributed by atoms with van der Waals surface area (Å²) < 4.78 is 0. The molecule has 0 atom stereocenters. The topological polar surface area (TPSA) is 49.3 Å². The van der Waals surface area contributed by atoms with E-state index in [9.17, 15) is 4.79 Å². The fraction of sp³-hybridized carbons (Fsp3) is 0.154. The Balaban J connectivity index is 1.84. The zero-order chi connectivity index (χ0) is 13.0. The van der Waals surface area contributed by atoms with Gasteiger partial charge in [-0.15, -0.1) is 11.3 Å². The van der Waals surface area contributed by atoms with Gasteiger partial charge in [0.1, 0.15) is 10.6 Å². The van der Waals surface area contributed by atoms with Gasteiger partial charge in [0.05, 0.1) is 5.02 Å². The summed E-state index contributed by atoms with van der Waals surface area (Å²) in [4.78, 5) is 12.3. The molecule has 3 nitrogen and oxygen atoms in total. The van der Waals surface area contributed by atoms with Crippen LogP contribution in [0.25, 0.3) is 0 Å². The highest BCUT2D eigenvalue weighted by Crippen LogP contribution is 2.21. The quantitative estimate of drug-likeness (QED) is 0.905.